The molecular formula is C14H19N3OS. The van der Waals surface area contributed by atoms with E-state index in [1.807, 2.05) is 7.05 Å². The molecule has 0 saturated carbocycles. The highest BCUT2D eigenvalue weighted by molar-refractivity contribution is 7.09. The molecule has 0 bridgehead atoms. The van der Waals surface area contributed by atoms with E-state index < -0.39 is 0 Å². The van der Waals surface area contributed by atoms with E-state index in [4.69, 9.17) is 4.74 Å². The maximum Gasteiger partial charge on any atom is 0.205 e. The number of aryl methyl sites for hydroxylation is 1. The molecule has 0 fully saturated rings. The topological polar surface area (TPSA) is 38.2 Å². The average molecular weight is 277 g/mol. The summed E-state index contributed by atoms with van der Waals surface area (Å²) in [5, 5.41) is 0.953. The van der Waals surface area contributed by atoms with Gasteiger partial charge in [0.05, 0.1) is 6.61 Å². The summed E-state index contributed by atoms with van der Waals surface area (Å²) in [6.45, 7) is 3.65. The Hall–Kier alpha value is -1.46. The highest BCUT2D eigenvalue weighted by Crippen LogP contribution is 2.19. The minimum Gasteiger partial charge on any atom is -0.384 e. The van der Waals surface area contributed by atoms with Gasteiger partial charge in [0, 0.05) is 38.7 Å². The fourth-order valence-electron chi connectivity index (χ4n) is 1.81. The largest absolute Gasteiger partial charge is 0.384 e. The first-order chi connectivity index (χ1) is 9.20. The maximum absolute atomic E-state index is 5.04. The number of anilines is 1. The second-order valence-electron chi connectivity index (χ2n) is 4.52. The van der Waals surface area contributed by atoms with Gasteiger partial charge in [0.2, 0.25) is 5.13 Å². The first-order valence-corrected chi connectivity index (χ1v) is 7.05. The summed E-state index contributed by atoms with van der Waals surface area (Å²) >= 11 is 1.44. The molecule has 0 amide bonds. The minimum absolute atomic E-state index is 0.664. The first-order valence-electron chi connectivity index (χ1n) is 6.28. The van der Waals surface area contributed by atoms with Gasteiger partial charge in [0.1, 0.15) is 5.82 Å². The third kappa shape index (κ3) is 3.75. The molecule has 19 heavy (non-hydrogen) atoms. The molecule has 0 radical (unpaired) electrons. The van der Waals surface area contributed by atoms with Crippen LogP contribution in [0.25, 0.3) is 0 Å². The highest BCUT2D eigenvalue weighted by Gasteiger charge is 2.10. The van der Waals surface area contributed by atoms with Crippen LogP contribution < -0.4 is 4.90 Å². The number of nitrogens with zero attached hydrogens (tertiary/aromatic N) is 3. The number of ether oxygens (including phenoxy) is 1. The lowest BCUT2D eigenvalue weighted by Gasteiger charge is -2.16. The van der Waals surface area contributed by atoms with Gasteiger partial charge in [-0.1, -0.05) is 24.3 Å². The van der Waals surface area contributed by atoms with E-state index in [0.29, 0.717) is 6.61 Å². The van der Waals surface area contributed by atoms with Gasteiger partial charge in [-0.2, -0.15) is 4.37 Å². The lowest BCUT2D eigenvalue weighted by molar-refractivity contribution is 0.201. The number of rotatable bonds is 6. The van der Waals surface area contributed by atoms with Crippen molar-refractivity contribution in [1.29, 1.82) is 0 Å². The summed E-state index contributed by atoms with van der Waals surface area (Å²) in [6.07, 6.45) is 0.769. The smallest absolute Gasteiger partial charge is 0.205 e. The Morgan fingerprint density at radius 2 is 2.11 bits per heavy atom. The molecule has 0 aliphatic rings. The third-order valence-electron chi connectivity index (χ3n) is 2.98. The minimum atomic E-state index is 0.664. The van der Waals surface area contributed by atoms with Crippen LogP contribution in [0.5, 0.6) is 0 Å². The van der Waals surface area contributed by atoms with Gasteiger partial charge in [-0.05, 0) is 18.1 Å². The molecule has 0 atom stereocenters. The second kappa shape index (κ2) is 6.63. The normalized spacial score (nSPS) is 10.7. The van der Waals surface area contributed by atoms with Crippen molar-refractivity contribution in [2.75, 3.05) is 25.7 Å². The summed E-state index contributed by atoms with van der Waals surface area (Å²) in [4.78, 5) is 6.66. The summed E-state index contributed by atoms with van der Waals surface area (Å²) < 4.78 is 9.39. The number of benzene rings is 1. The second-order valence-corrected chi connectivity index (χ2v) is 5.25. The molecule has 1 heterocycles. The van der Waals surface area contributed by atoms with Crippen molar-refractivity contribution in [3.8, 4) is 0 Å². The molecule has 0 spiro atoms. The van der Waals surface area contributed by atoms with Gasteiger partial charge in [-0.3, -0.25) is 0 Å². The summed E-state index contributed by atoms with van der Waals surface area (Å²) in [7, 11) is 3.74. The molecule has 0 aliphatic carbocycles. The fourth-order valence-corrected chi connectivity index (χ4v) is 2.47. The maximum atomic E-state index is 5.04. The molecule has 2 rings (SSSR count). The van der Waals surface area contributed by atoms with Crippen LogP contribution in [0.15, 0.2) is 24.3 Å². The van der Waals surface area contributed by atoms with E-state index in [2.05, 4.69) is 45.4 Å². The number of methoxy groups -OCH3 is 1. The molecule has 5 heteroatoms. The highest BCUT2D eigenvalue weighted by atomic mass is 32.1. The first kappa shape index (κ1) is 14.0. The van der Waals surface area contributed by atoms with Crippen molar-refractivity contribution in [3.63, 3.8) is 0 Å². The fraction of sp³-hybridized carbons (Fsp3) is 0.429. The Labute approximate surface area is 118 Å². The molecule has 1 aromatic carbocycles. The molecule has 0 N–H and O–H groups in total. The van der Waals surface area contributed by atoms with E-state index in [1.54, 1.807) is 7.11 Å². The van der Waals surface area contributed by atoms with E-state index in [1.165, 1.54) is 22.7 Å². The van der Waals surface area contributed by atoms with Gasteiger partial charge in [-0.15, -0.1) is 0 Å². The van der Waals surface area contributed by atoms with Crippen molar-refractivity contribution < 1.29 is 4.74 Å². The zero-order chi connectivity index (χ0) is 13.7. The van der Waals surface area contributed by atoms with Gasteiger partial charge < -0.3 is 9.64 Å². The predicted molar refractivity (Wildman–Crippen MR) is 78.8 cm³/mol. The van der Waals surface area contributed by atoms with E-state index in [9.17, 15) is 0 Å². The zero-order valence-corrected chi connectivity index (χ0v) is 12.4. The molecule has 2 aromatic rings. The van der Waals surface area contributed by atoms with Crippen molar-refractivity contribution in [2.45, 2.75) is 19.9 Å². The Morgan fingerprint density at radius 1 is 1.32 bits per heavy atom. The Balaban J connectivity index is 2.01. The van der Waals surface area contributed by atoms with Crippen LogP contribution in [-0.2, 0) is 17.7 Å². The Bertz CT molecular complexity index is 527. The monoisotopic (exact) mass is 277 g/mol. The van der Waals surface area contributed by atoms with Crippen molar-refractivity contribution >= 4 is 16.7 Å². The Kier molecular flexibility index (Phi) is 4.87. The van der Waals surface area contributed by atoms with Crippen molar-refractivity contribution in [3.05, 3.63) is 41.2 Å². The predicted octanol–water partition coefficient (Wildman–Crippen LogP) is 2.67. The van der Waals surface area contributed by atoms with Crippen LogP contribution in [0.1, 0.15) is 17.0 Å². The van der Waals surface area contributed by atoms with Crippen LogP contribution in [0.3, 0.4) is 0 Å². The van der Waals surface area contributed by atoms with Crippen LogP contribution >= 0.6 is 11.5 Å². The quantitative estimate of drug-likeness (QED) is 0.813. The molecule has 0 saturated heterocycles. The molecular weight excluding hydrogens is 258 g/mol. The number of aromatic nitrogens is 2. The zero-order valence-electron chi connectivity index (χ0n) is 11.6. The Morgan fingerprint density at radius 3 is 2.84 bits per heavy atom. The molecule has 4 nitrogen and oxygen atoms in total. The summed E-state index contributed by atoms with van der Waals surface area (Å²) in [6, 6.07) is 8.42. The van der Waals surface area contributed by atoms with Crippen LogP contribution in [0.2, 0.25) is 0 Å². The average Bonchev–Trinajstić information content (AvgIpc) is 2.88. The summed E-state index contributed by atoms with van der Waals surface area (Å²) in [5.41, 5.74) is 2.62. The van der Waals surface area contributed by atoms with Crippen molar-refractivity contribution in [1.82, 2.24) is 9.36 Å². The van der Waals surface area contributed by atoms with Gasteiger partial charge in [-0.25, -0.2) is 4.98 Å². The van der Waals surface area contributed by atoms with E-state index >= 15 is 0 Å². The van der Waals surface area contributed by atoms with Crippen LogP contribution in [-0.4, -0.2) is 30.1 Å². The van der Waals surface area contributed by atoms with Gasteiger partial charge in [0.25, 0.3) is 0 Å². The molecule has 0 aliphatic heterocycles. The van der Waals surface area contributed by atoms with Crippen LogP contribution in [0.4, 0.5) is 5.13 Å². The van der Waals surface area contributed by atoms with Gasteiger partial charge >= 0.3 is 0 Å². The number of hydrogen-bond donors (Lipinski definition) is 0. The van der Waals surface area contributed by atoms with Crippen molar-refractivity contribution in [2.24, 2.45) is 0 Å². The van der Waals surface area contributed by atoms with Crippen LogP contribution in [0, 0.1) is 6.92 Å². The lowest BCUT2D eigenvalue weighted by atomic mass is 10.1. The van der Waals surface area contributed by atoms with E-state index in [-0.39, 0.29) is 0 Å². The molecule has 0 unspecified atom stereocenters. The standard InChI is InChI=1S/C14H19N3OS/c1-11-6-4-5-7-12(11)10-17(2)14-15-13(16-19-14)8-9-18-3/h4-7H,8-10H2,1-3H3. The SMILES string of the molecule is COCCc1nsc(N(C)Cc2ccccc2C)n1. The summed E-state index contributed by atoms with van der Waals surface area (Å²) in [5.74, 6) is 0.860. The third-order valence-corrected chi connectivity index (χ3v) is 3.85. The van der Waals surface area contributed by atoms with Gasteiger partial charge in [0.15, 0.2) is 0 Å². The van der Waals surface area contributed by atoms with E-state index in [0.717, 1.165) is 23.9 Å². The molecule has 1 aromatic heterocycles. The lowest BCUT2D eigenvalue weighted by Crippen LogP contribution is -2.16. The number of hydrogen-bond acceptors (Lipinski definition) is 5. The molecule has 102 valence electrons.